The third-order valence-corrected chi connectivity index (χ3v) is 3.17. The SMILES string of the molecule is CCCOc1nc(Cl)nc(-c2cc(C)c(OC)cc2C)n1. The predicted molar refractivity (Wildman–Crippen MR) is 82.1 cm³/mol. The highest BCUT2D eigenvalue weighted by Crippen LogP contribution is 2.29. The minimum atomic E-state index is 0.124. The average Bonchev–Trinajstić information content (AvgIpc) is 2.46. The van der Waals surface area contributed by atoms with Crippen LogP contribution in [0.2, 0.25) is 5.28 Å². The Morgan fingerprint density at radius 1 is 1.10 bits per heavy atom. The molecule has 1 heterocycles. The van der Waals surface area contributed by atoms with E-state index in [0.717, 1.165) is 28.9 Å². The van der Waals surface area contributed by atoms with E-state index in [2.05, 4.69) is 15.0 Å². The van der Waals surface area contributed by atoms with E-state index in [9.17, 15) is 0 Å². The molecule has 2 aromatic rings. The maximum absolute atomic E-state index is 5.96. The molecule has 0 bridgehead atoms. The summed E-state index contributed by atoms with van der Waals surface area (Å²) < 4.78 is 10.8. The molecule has 21 heavy (non-hydrogen) atoms. The van der Waals surface area contributed by atoms with Crippen molar-refractivity contribution in [2.75, 3.05) is 13.7 Å². The Labute approximate surface area is 129 Å². The zero-order valence-electron chi connectivity index (χ0n) is 12.6. The topological polar surface area (TPSA) is 57.1 Å². The van der Waals surface area contributed by atoms with Gasteiger partial charge in [0.1, 0.15) is 5.75 Å². The molecule has 0 fully saturated rings. The lowest BCUT2D eigenvalue weighted by Gasteiger charge is -2.11. The molecule has 2 rings (SSSR count). The van der Waals surface area contributed by atoms with Crippen molar-refractivity contribution in [2.45, 2.75) is 27.2 Å². The van der Waals surface area contributed by atoms with Gasteiger partial charge >= 0.3 is 6.01 Å². The van der Waals surface area contributed by atoms with Crippen molar-refractivity contribution < 1.29 is 9.47 Å². The van der Waals surface area contributed by atoms with Gasteiger partial charge in [-0.2, -0.15) is 15.0 Å². The summed E-state index contributed by atoms with van der Waals surface area (Å²) in [6, 6.07) is 4.18. The molecule has 0 unspecified atom stereocenters. The first kappa shape index (κ1) is 15.5. The fraction of sp³-hybridized carbons (Fsp3) is 0.400. The summed E-state index contributed by atoms with van der Waals surface area (Å²) in [4.78, 5) is 12.5. The number of rotatable bonds is 5. The quantitative estimate of drug-likeness (QED) is 0.844. The van der Waals surface area contributed by atoms with Crippen LogP contribution in [0, 0.1) is 13.8 Å². The average molecular weight is 308 g/mol. The summed E-state index contributed by atoms with van der Waals surface area (Å²) in [5, 5.41) is 0.124. The molecule has 0 saturated heterocycles. The van der Waals surface area contributed by atoms with Crippen LogP contribution in [0.25, 0.3) is 11.4 Å². The maximum Gasteiger partial charge on any atom is 0.321 e. The monoisotopic (exact) mass is 307 g/mol. The van der Waals surface area contributed by atoms with E-state index in [4.69, 9.17) is 21.1 Å². The van der Waals surface area contributed by atoms with E-state index in [-0.39, 0.29) is 11.3 Å². The van der Waals surface area contributed by atoms with Crippen LogP contribution in [0.3, 0.4) is 0 Å². The molecule has 112 valence electrons. The molecule has 0 amide bonds. The van der Waals surface area contributed by atoms with Crippen molar-refractivity contribution in [3.8, 4) is 23.1 Å². The Morgan fingerprint density at radius 2 is 1.86 bits per heavy atom. The lowest BCUT2D eigenvalue weighted by Crippen LogP contribution is -2.03. The van der Waals surface area contributed by atoms with Crippen LogP contribution in [-0.4, -0.2) is 28.7 Å². The largest absolute Gasteiger partial charge is 0.496 e. The number of aromatic nitrogens is 3. The van der Waals surface area contributed by atoms with Gasteiger partial charge in [-0.25, -0.2) is 0 Å². The Bertz CT molecular complexity index is 647. The van der Waals surface area contributed by atoms with Crippen molar-refractivity contribution in [2.24, 2.45) is 0 Å². The molecular weight excluding hydrogens is 290 g/mol. The molecule has 0 saturated carbocycles. The highest BCUT2D eigenvalue weighted by atomic mass is 35.5. The second kappa shape index (κ2) is 6.72. The van der Waals surface area contributed by atoms with Gasteiger partial charge in [-0.3, -0.25) is 0 Å². The standard InChI is InChI=1S/C15H18ClN3O2/c1-5-6-21-15-18-13(17-14(16)19-15)11-7-10(3)12(20-4)8-9(11)2/h7-8H,5-6H2,1-4H3. The third-order valence-electron chi connectivity index (χ3n) is 3.01. The van der Waals surface area contributed by atoms with Gasteiger partial charge < -0.3 is 9.47 Å². The Morgan fingerprint density at radius 3 is 2.52 bits per heavy atom. The predicted octanol–water partition coefficient (Wildman–Crippen LogP) is 3.61. The Kier molecular flexibility index (Phi) is 4.96. The fourth-order valence-electron chi connectivity index (χ4n) is 1.96. The molecule has 0 spiro atoms. The van der Waals surface area contributed by atoms with Crippen LogP contribution < -0.4 is 9.47 Å². The van der Waals surface area contributed by atoms with Gasteiger partial charge in [0.05, 0.1) is 13.7 Å². The summed E-state index contributed by atoms with van der Waals surface area (Å²) in [6.07, 6.45) is 0.874. The third kappa shape index (κ3) is 3.61. The van der Waals surface area contributed by atoms with Gasteiger partial charge in [-0.1, -0.05) is 6.92 Å². The summed E-state index contributed by atoms with van der Waals surface area (Å²) in [5.74, 6) is 1.34. The molecule has 0 aliphatic heterocycles. The summed E-state index contributed by atoms with van der Waals surface area (Å²) in [5.41, 5.74) is 2.89. The molecule has 0 atom stereocenters. The number of nitrogens with zero attached hydrogens (tertiary/aromatic N) is 3. The first-order valence-corrected chi connectivity index (χ1v) is 7.13. The van der Waals surface area contributed by atoms with E-state index in [1.807, 2.05) is 32.9 Å². The van der Waals surface area contributed by atoms with Gasteiger partial charge in [-0.05, 0) is 55.1 Å². The smallest absolute Gasteiger partial charge is 0.321 e. The van der Waals surface area contributed by atoms with E-state index >= 15 is 0 Å². The van der Waals surface area contributed by atoms with Crippen LogP contribution in [0.1, 0.15) is 24.5 Å². The van der Waals surface area contributed by atoms with Gasteiger partial charge in [0, 0.05) is 5.56 Å². The zero-order chi connectivity index (χ0) is 15.4. The lowest BCUT2D eigenvalue weighted by molar-refractivity contribution is 0.291. The minimum absolute atomic E-state index is 0.124. The molecule has 1 aromatic heterocycles. The number of benzene rings is 1. The molecule has 0 N–H and O–H groups in total. The van der Waals surface area contributed by atoms with Crippen molar-refractivity contribution >= 4 is 11.6 Å². The number of methoxy groups -OCH3 is 1. The zero-order valence-corrected chi connectivity index (χ0v) is 13.4. The summed E-state index contributed by atoms with van der Waals surface area (Å²) >= 11 is 5.96. The van der Waals surface area contributed by atoms with Gasteiger partial charge in [-0.15, -0.1) is 0 Å². The van der Waals surface area contributed by atoms with E-state index < -0.39 is 0 Å². The number of hydrogen-bond donors (Lipinski definition) is 0. The van der Waals surface area contributed by atoms with Crippen molar-refractivity contribution in [3.05, 3.63) is 28.5 Å². The van der Waals surface area contributed by atoms with Crippen molar-refractivity contribution in [1.82, 2.24) is 15.0 Å². The van der Waals surface area contributed by atoms with Crippen LogP contribution in [0.4, 0.5) is 0 Å². The highest BCUT2D eigenvalue weighted by Gasteiger charge is 2.13. The van der Waals surface area contributed by atoms with Crippen LogP contribution in [-0.2, 0) is 0 Å². The van der Waals surface area contributed by atoms with E-state index in [1.54, 1.807) is 7.11 Å². The van der Waals surface area contributed by atoms with Gasteiger partial charge in [0.15, 0.2) is 5.82 Å². The first-order chi connectivity index (χ1) is 10.0. The summed E-state index contributed by atoms with van der Waals surface area (Å²) in [6.45, 7) is 6.50. The molecule has 6 heteroatoms. The Balaban J connectivity index is 2.46. The minimum Gasteiger partial charge on any atom is -0.496 e. The molecular formula is C15H18ClN3O2. The van der Waals surface area contributed by atoms with E-state index in [1.165, 1.54) is 0 Å². The maximum atomic E-state index is 5.96. The number of ether oxygens (including phenoxy) is 2. The van der Waals surface area contributed by atoms with E-state index in [0.29, 0.717) is 12.4 Å². The second-order valence-corrected chi connectivity index (χ2v) is 5.03. The number of hydrogen-bond acceptors (Lipinski definition) is 5. The molecule has 1 aromatic carbocycles. The van der Waals surface area contributed by atoms with Gasteiger partial charge in [0.2, 0.25) is 5.28 Å². The lowest BCUT2D eigenvalue weighted by atomic mass is 10.0. The molecule has 0 aliphatic rings. The fourth-order valence-corrected chi connectivity index (χ4v) is 2.11. The second-order valence-electron chi connectivity index (χ2n) is 4.70. The van der Waals surface area contributed by atoms with Gasteiger partial charge in [0.25, 0.3) is 0 Å². The van der Waals surface area contributed by atoms with Crippen LogP contribution >= 0.6 is 11.6 Å². The van der Waals surface area contributed by atoms with Crippen LogP contribution in [0.15, 0.2) is 12.1 Å². The first-order valence-electron chi connectivity index (χ1n) is 6.75. The van der Waals surface area contributed by atoms with Crippen molar-refractivity contribution in [3.63, 3.8) is 0 Å². The van der Waals surface area contributed by atoms with Crippen LogP contribution in [0.5, 0.6) is 11.8 Å². The molecule has 5 nitrogen and oxygen atoms in total. The highest BCUT2D eigenvalue weighted by molar-refractivity contribution is 6.28. The summed E-state index contributed by atoms with van der Waals surface area (Å²) in [7, 11) is 1.65. The molecule has 0 aliphatic carbocycles. The Hall–Kier alpha value is -1.88. The normalized spacial score (nSPS) is 10.5. The number of aryl methyl sites for hydroxylation is 2. The number of halogens is 1. The molecule has 0 radical (unpaired) electrons. The van der Waals surface area contributed by atoms with Crippen molar-refractivity contribution in [1.29, 1.82) is 0 Å².